The molecular weight excluding hydrogens is 284 g/mol. The van der Waals surface area contributed by atoms with Crippen LogP contribution in [-0.2, 0) is 6.54 Å². The van der Waals surface area contributed by atoms with Crippen LogP contribution in [0.5, 0.6) is 0 Å². The summed E-state index contributed by atoms with van der Waals surface area (Å²) in [5, 5.41) is 12.6. The lowest BCUT2D eigenvalue weighted by Gasteiger charge is -2.13. The average molecular weight is 301 g/mol. The number of benzene rings is 2. The van der Waals surface area contributed by atoms with E-state index in [2.05, 4.69) is 29.5 Å². The quantitative estimate of drug-likeness (QED) is 0.801. The van der Waals surface area contributed by atoms with E-state index in [0.29, 0.717) is 6.04 Å². The van der Waals surface area contributed by atoms with E-state index in [1.165, 1.54) is 0 Å². The Bertz CT molecular complexity index is 764. The summed E-state index contributed by atoms with van der Waals surface area (Å²) in [4.78, 5) is 0. The lowest BCUT2D eigenvalue weighted by molar-refractivity contribution is 0.586. The van der Waals surface area contributed by atoms with Crippen LogP contribution in [0.15, 0.2) is 42.5 Å². The zero-order chi connectivity index (χ0) is 14.8. The molecule has 0 atom stereocenters. The Morgan fingerprint density at radius 1 is 1.19 bits per heavy atom. The first kappa shape index (κ1) is 14.0. The molecule has 3 aromatic rings. The third-order valence-electron chi connectivity index (χ3n) is 3.32. The van der Waals surface area contributed by atoms with Gasteiger partial charge in [0.15, 0.2) is 0 Å². The largest absolute Gasteiger partial charge is 0.310 e. The normalized spacial score (nSPS) is 11.4. The third-order valence-corrected chi connectivity index (χ3v) is 3.56. The molecule has 0 fully saturated rings. The number of para-hydroxylation sites is 1. The Balaban J connectivity index is 2.09. The SMILES string of the molecule is CC(C)NCc1cc(Cl)ccc1-n1nnc2ccccc21. The van der Waals surface area contributed by atoms with Crippen molar-refractivity contribution < 1.29 is 0 Å². The molecule has 2 aromatic carbocycles. The Kier molecular flexibility index (Phi) is 3.90. The molecule has 1 N–H and O–H groups in total. The second-order valence-corrected chi connectivity index (χ2v) is 5.74. The Morgan fingerprint density at radius 2 is 2.00 bits per heavy atom. The van der Waals surface area contributed by atoms with Crippen LogP contribution in [0.1, 0.15) is 19.4 Å². The molecule has 21 heavy (non-hydrogen) atoms. The number of rotatable bonds is 4. The summed E-state index contributed by atoms with van der Waals surface area (Å²) in [5.41, 5.74) is 3.98. The van der Waals surface area contributed by atoms with E-state index < -0.39 is 0 Å². The molecule has 0 unspecified atom stereocenters. The van der Waals surface area contributed by atoms with Crippen LogP contribution >= 0.6 is 11.6 Å². The molecule has 0 amide bonds. The highest BCUT2D eigenvalue weighted by atomic mass is 35.5. The van der Waals surface area contributed by atoms with Crippen molar-refractivity contribution in [2.45, 2.75) is 26.4 Å². The van der Waals surface area contributed by atoms with Crippen molar-refractivity contribution in [1.29, 1.82) is 0 Å². The van der Waals surface area contributed by atoms with Crippen molar-refractivity contribution >= 4 is 22.6 Å². The van der Waals surface area contributed by atoms with E-state index in [9.17, 15) is 0 Å². The van der Waals surface area contributed by atoms with Gasteiger partial charge in [0, 0.05) is 17.6 Å². The summed E-state index contributed by atoms with van der Waals surface area (Å²) in [6.45, 7) is 4.98. The summed E-state index contributed by atoms with van der Waals surface area (Å²) >= 11 is 6.14. The van der Waals surface area contributed by atoms with Gasteiger partial charge in [-0.25, -0.2) is 4.68 Å². The van der Waals surface area contributed by atoms with Gasteiger partial charge in [-0.3, -0.25) is 0 Å². The van der Waals surface area contributed by atoms with E-state index in [0.717, 1.165) is 33.9 Å². The Morgan fingerprint density at radius 3 is 2.81 bits per heavy atom. The summed E-state index contributed by atoms with van der Waals surface area (Å²) in [6, 6.07) is 14.2. The predicted molar refractivity (Wildman–Crippen MR) is 85.9 cm³/mol. The van der Waals surface area contributed by atoms with Crippen LogP contribution in [0.3, 0.4) is 0 Å². The van der Waals surface area contributed by atoms with Crippen molar-refractivity contribution in [3.63, 3.8) is 0 Å². The maximum atomic E-state index is 6.14. The van der Waals surface area contributed by atoms with Gasteiger partial charge in [-0.2, -0.15) is 0 Å². The minimum Gasteiger partial charge on any atom is -0.310 e. The van der Waals surface area contributed by atoms with E-state index >= 15 is 0 Å². The second-order valence-electron chi connectivity index (χ2n) is 5.30. The van der Waals surface area contributed by atoms with Crippen LogP contribution in [0.4, 0.5) is 0 Å². The van der Waals surface area contributed by atoms with E-state index in [-0.39, 0.29) is 0 Å². The molecule has 1 aromatic heterocycles. The standard InChI is InChI=1S/C16H17ClN4/c1-11(2)18-10-12-9-13(17)7-8-15(12)21-16-6-4-3-5-14(16)19-20-21/h3-9,11,18H,10H2,1-2H3. The number of hydrogen-bond acceptors (Lipinski definition) is 3. The molecule has 0 radical (unpaired) electrons. The van der Waals surface area contributed by atoms with Crippen LogP contribution < -0.4 is 5.32 Å². The molecule has 0 saturated heterocycles. The molecular formula is C16H17ClN4. The molecule has 0 aliphatic rings. The van der Waals surface area contributed by atoms with Gasteiger partial charge >= 0.3 is 0 Å². The zero-order valence-electron chi connectivity index (χ0n) is 12.0. The molecule has 5 heteroatoms. The highest BCUT2D eigenvalue weighted by molar-refractivity contribution is 6.30. The molecule has 0 spiro atoms. The van der Waals surface area contributed by atoms with Gasteiger partial charge in [0.05, 0.1) is 11.2 Å². The average Bonchev–Trinajstić information content (AvgIpc) is 2.89. The predicted octanol–water partition coefficient (Wildman–Crippen LogP) is 3.57. The molecule has 4 nitrogen and oxygen atoms in total. The lowest BCUT2D eigenvalue weighted by Crippen LogP contribution is -2.22. The molecule has 0 saturated carbocycles. The Hall–Kier alpha value is -1.91. The highest BCUT2D eigenvalue weighted by Gasteiger charge is 2.11. The Labute approximate surface area is 128 Å². The summed E-state index contributed by atoms with van der Waals surface area (Å²) in [7, 11) is 0. The van der Waals surface area contributed by atoms with Crippen LogP contribution in [0.25, 0.3) is 16.7 Å². The number of hydrogen-bond donors (Lipinski definition) is 1. The first-order valence-electron chi connectivity index (χ1n) is 6.98. The summed E-state index contributed by atoms with van der Waals surface area (Å²) < 4.78 is 1.86. The van der Waals surface area contributed by atoms with E-state index in [1.807, 2.05) is 47.1 Å². The molecule has 0 aliphatic carbocycles. The monoisotopic (exact) mass is 300 g/mol. The van der Waals surface area contributed by atoms with Gasteiger partial charge in [-0.15, -0.1) is 5.10 Å². The van der Waals surface area contributed by atoms with Crippen LogP contribution in [0.2, 0.25) is 5.02 Å². The van der Waals surface area contributed by atoms with E-state index in [4.69, 9.17) is 11.6 Å². The first-order valence-corrected chi connectivity index (χ1v) is 7.35. The van der Waals surface area contributed by atoms with Crippen molar-refractivity contribution in [2.24, 2.45) is 0 Å². The van der Waals surface area contributed by atoms with Crippen LogP contribution in [0, 0.1) is 0 Å². The van der Waals surface area contributed by atoms with Crippen molar-refractivity contribution in [1.82, 2.24) is 20.3 Å². The number of nitrogens with one attached hydrogen (secondary N) is 1. The van der Waals surface area contributed by atoms with Gasteiger partial charge in [0.25, 0.3) is 0 Å². The van der Waals surface area contributed by atoms with Gasteiger partial charge < -0.3 is 5.32 Å². The first-order chi connectivity index (χ1) is 10.1. The topological polar surface area (TPSA) is 42.7 Å². The molecule has 108 valence electrons. The molecule has 3 rings (SSSR count). The fourth-order valence-electron chi connectivity index (χ4n) is 2.26. The van der Waals surface area contributed by atoms with Crippen molar-refractivity contribution in [3.05, 3.63) is 53.1 Å². The summed E-state index contributed by atoms with van der Waals surface area (Å²) in [5.74, 6) is 0. The lowest BCUT2D eigenvalue weighted by atomic mass is 10.1. The molecule has 1 heterocycles. The smallest absolute Gasteiger partial charge is 0.113 e. The minimum atomic E-state index is 0.407. The van der Waals surface area contributed by atoms with Gasteiger partial charge in [0.1, 0.15) is 5.52 Å². The van der Waals surface area contributed by atoms with Gasteiger partial charge in [-0.05, 0) is 35.9 Å². The van der Waals surface area contributed by atoms with E-state index in [1.54, 1.807) is 0 Å². The molecule has 0 aliphatic heterocycles. The number of halogens is 1. The molecule has 0 bridgehead atoms. The van der Waals surface area contributed by atoms with Gasteiger partial charge in [0.2, 0.25) is 0 Å². The number of fused-ring (bicyclic) bond motifs is 1. The maximum Gasteiger partial charge on any atom is 0.113 e. The summed E-state index contributed by atoms with van der Waals surface area (Å²) in [6.07, 6.45) is 0. The minimum absolute atomic E-state index is 0.407. The van der Waals surface area contributed by atoms with Gasteiger partial charge in [-0.1, -0.05) is 42.8 Å². The fraction of sp³-hybridized carbons (Fsp3) is 0.250. The van der Waals surface area contributed by atoms with Crippen LogP contribution in [-0.4, -0.2) is 21.0 Å². The zero-order valence-corrected chi connectivity index (χ0v) is 12.8. The van der Waals surface area contributed by atoms with Crippen molar-refractivity contribution in [3.8, 4) is 5.69 Å². The second kappa shape index (κ2) is 5.84. The number of nitrogens with zero attached hydrogens (tertiary/aromatic N) is 3. The highest BCUT2D eigenvalue weighted by Crippen LogP contribution is 2.22. The van der Waals surface area contributed by atoms with Crippen molar-refractivity contribution in [2.75, 3.05) is 0 Å². The third kappa shape index (κ3) is 2.91. The number of aromatic nitrogens is 3. The maximum absolute atomic E-state index is 6.14. The fourth-order valence-corrected chi connectivity index (χ4v) is 2.46.